The van der Waals surface area contributed by atoms with Crippen molar-refractivity contribution in [2.45, 2.75) is 29.5 Å². The third-order valence-corrected chi connectivity index (χ3v) is 5.59. The Morgan fingerprint density at radius 2 is 1.86 bits per heavy atom. The molecule has 0 amide bonds. The van der Waals surface area contributed by atoms with Gasteiger partial charge in [0.25, 0.3) is 0 Å². The molecule has 0 spiro atoms. The number of alkyl halides is 3. The highest BCUT2D eigenvalue weighted by Gasteiger charge is 2.89. The maximum Gasteiger partial charge on any atom is 0.421 e. The van der Waals surface area contributed by atoms with Crippen molar-refractivity contribution in [2.24, 2.45) is 0 Å². The highest BCUT2D eigenvalue weighted by Crippen LogP contribution is 2.65. The summed E-state index contributed by atoms with van der Waals surface area (Å²) in [6.45, 7) is 0. The quantitative estimate of drug-likeness (QED) is 0.420. The molecule has 4 atom stereocenters. The van der Waals surface area contributed by atoms with E-state index in [2.05, 4.69) is 4.74 Å². The van der Waals surface area contributed by atoms with E-state index in [4.69, 9.17) is 4.74 Å². The fraction of sp³-hybridized carbons (Fsp3) is 0.353. The molecule has 2 bridgehead atoms. The summed E-state index contributed by atoms with van der Waals surface area (Å²) >= 11 is 0. The second kappa shape index (κ2) is 4.85. The normalized spacial score (nSPS) is 32.0. The molecule has 11 heteroatoms. The Balaban J connectivity index is 1.90. The molecule has 1 fully saturated rings. The van der Waals surface area contributed by atoms with Crippen molar-refractivity contribution < 1.29 is 27.4 Å². The molecule has 1 aromatic heterocycles. The number of halogens is 3. The molecule has 6 rings (SSSR count). The van der Waals surface area contributed by atoms with Crippen LogP contribution in [0.15, 0.2) is 52.1 Å². The van der Waals surface area contributed by atoms with Gasteiger partial charge in [-0.05, 0) is 18.2 Å². The number of nitrogens with zero attached hydrogens (tertiary/aromatic N) is 3. The smallest absolute Gasteiger partial charge is 0.421 e. The minimum atomic E-state index is -5.13. The maximum absolute atomic E-state index is 14.4. The molecule has 8 nitrogen and oxygen atoms in total. The van der Waals surface area contributed by atoms with Crippen LogP contribution in [0.5, 0.6) is 0 Å². The van der Waals surface area contributed by atoms with E-state index in [9.17, 15) is 27.6 Å². The van der Waals surface area contributed by atoms with Crippen LogP contribution in [0.25, 0.3) is 5.69 Å². The Morgan fingerprint density at radius 3 is 2.46 bits per heavy atom. The molecule has 0 unspecified atom stereocenters. The zero-order valence-corrected chi connectivity index (χ0v) is 14.2. The summed E-state index contributed by atoms with van der Waals surface area (Å²) in [5.41, 5.74) is -7.69. The molecule has 28 heavy (non-hydrogen) atoms. The number of esters is 1. The van der Waals surface area contributed by atoms with Gasteiger partial charge in [0.15, 0.2) is 0 Å². The molecule has 0 saturated carbocycles. The van der Waals surface area contributed by atoms with E-state index in [-0.39, 0.29) is 10.4 Å². The van der Waals surface area contributed by atoms with Gasteiger partial charge in [-0.15, -0.1) is 0 Å². The van der Waals surface area contributed by atoms with Crippen LogP contribution in [-0.2, 0) is 19.8 Å². The van der Waals surface area contributed by atoms with Crippen LogP contribution in [0, 0.1) is 0 Å². The van der Waals surface area contributed by atoms with Crippen LogP contribution in [0.2, 0.25) is 0 Å². The Morgan fingerprint density at radius 1 is 1.18 bits per heavy atom. The van der Waals surface area contributed by atoms with Crippen molar-refractivity contribution in [3.63, 3.8) is 0 Å². The van der Waals surface area contributed by atoms with Gasteiger partial charge < -0.3 is 9.47 Å². The van der Waals surface area contributed by atoms with E-state index in [1.54, 1.807) is 18.2 Å². The topological polar surface area (TPSA) is 87.8 Å². The Hall–Kier alpha value is -3.08. The first kappa shape index (κ1) is 17.0. The van der Waals surface area contributed by atoms with Crippen LogP contribution >= 0.6 is 0 Å². The van der Waals surface area contributed by atoms with Crippen molar-refractivity contribution in [3.8, 4) is 5.69 Å². The molecule has 1 aliphatic carbocycles. The van der Waals surface area contributed by atoms with Crippen molar-refractivity contribution in [1.82, 2.24) is 13.9 Å². The van der Waals surface area contributed by atoms with Crippen LogP contribution in [-0.4, -0.2) is 44.9 Å². The number of epoxide rings is 1. The van der Waals surface area contributed by atoms with Crippen LogP contribution in [0.4, 0.5) is 13.2 Å². The highest BCUT2D eigenvalue weighted by atomic mass is 19.4. The highest BCUT2D eigenvalue weighted by molar-refractivity contribution is 5.87. The lowest BCUT2D eigenvalue weighted by Gasteiger charge is -2.44. The molecule has 0 radical (unpaired) electrons. The summed E-state index contributed by atoms with van der Waals surface area (Å²) in [6, 6.07) is 6.54. The first-order valence-electron chi connectivity index (χ1n) is 8.27. The van der Waals surface area contributed by atoms with Crippen LogP contribution in [0.1, 0.15) is 6.04 Å². The number of ether oxygens (including phenoxy) is 2. The minimum absolute atomic E-state index is 0.116. The Labute approximate surface area is 154 Å². The van der Waals surface area contributed by atoms with E-state index in [0.717, 1.165) is 13.2 Å². The largest absolute Gasteiger partial charge is 0.467 e. The second-order valence-corrected chi connectivity index (χ2v) is 6.77. The lowest BCUT2D eigenvalue weighted by Crippen LogP contribution is -2.70. The average molecular weight is 395 g/mol. The fourth-order valence-electron chi connectivity index (χ4n) is 4.42. The lowest BCUT2D eigenvalue weighted by atomic mass is 9.72. The molecule has 0 N–H and O–H groups in total. The van der Waals surface area contributed by atoms with Gasteiger partial charge in [0, 0.05) is 0 Å². The lowest BCUT2D eigenvalue weighted by molar-refractivity contribution is -0.233. The number of hydrogen-bond donors (Lipinski definition) is 0. The standard InChI is InChI=1S/C17H12F3N3O5/c1-27-12(24)16-11(28-16)10-7-8-15(16,17(18,19)20)23-14(26)21(13(25)22(10)23)9-5-3-2-4-6-9/h2-8,10-11H,1H3/t10-,11+,15+,16-/m1/s1. The molecule has 4 heterocycles. The van der Waals surface area contributed by atoms with Gasteiger partial charge in [-0.25, -0.2) is 28.3 Å². The number of hydrogen-bond acceptors (Lipinski definition) is 5. The molecule has 146 valence electrons. The van der Waals surface area contributed by atoms with E-state index in [1.165, 1.54) is 12.1 Å². The van der Waals surface area contributed by atoms with Crippen molar-refractivity contribution in [3.05, 3.63) is 63.5 Å². The number of carbonyl (C=O) groups is 1. The Bertz CT molecular complexity index is 1160. The number of carbonyl (C=O) groups excluding carboxylic acids is 1. The van der Waals surface area contributed by atoms with E-state index < -0.39 is 46.8 Å². The average Bonchev–Trinajstić information content (AvgIpc) is 3.40. The van der Waals surface area contributed by atoms with E-state index >= 15 is 0 Å². The molecule has 1 aromatic carbocycles. The SMILES string of the molecule is COC(=O)[C@]12O[C@H]1[C@H]1C=C[C@]2(C(F)(F)F)n2c(=O)n(-c3ccccc3)c(=O)n21. The van der Waals surface area contributed by atoms with Gasteiger partial charge >= 0.3 is 23.5 Å². The van der Waals surface area contributed by atoms with Crippen LogP contribution < -0.4 is 11.4 Å². The molecule has 4 aliphatic rings. The molecular formula is C17H12F3N3O5. The summed E-state index contributed by atoms with van der Waals surface area (Å²) in [5, 5.41) is 0. The third-order valence-electron chi connectivity index (χ3n) is 5.59. The predicted molar refractivity (Wildman–Crippen MR) is 86.1 cm³/mol. The summed E-state index contributed by atoms with van der Waals surface area (Å²) in [4.78, 5) is 38.4. The molecular weight excluding hydrogens is 383 g/mol. The molecule has 1 saturated heterocycles. The Kier molecular flexibility index (Phi) is 2.95. The maximum atomic E-state index is 14.4. The van der Waals surface area contributed by atoms with E-state index in [1.807, 2.05) is 0 Å². The van der Waals surface area contributed by atoms with Crippen LogP contribution in [0.3, 0.4) is 0 Å². The van der Waals surface area contributed by atoms with Crippen molar-refractivity contribution >= 4 is 5.97 Å². The summed E-state index contributed by atoms with van der Waals surface area (Å²) in [5.74, 6) is -1.25. The number of rotatable bonds is 2. The van der Waals surface area contributed by atoms with Gasteiger partial charge in [0.1, 0.15) is 12.1 Å². The molecule has 2 aromatic rings. The number of aromatic nitrogens is 3. The third kappa shape index (κ3) is 1.56. The number of para-hydroxylation sites is 1. The minimum Gasteiger partial charge on any atom is -0.467 e. The number of methoxy groups -OCH3 is 1. The van der Waals surface area contributed by atoms with Gasteiger partial charge in [-0.2, -0.15) is 13.2 Å². The first-order chi connectivity index (χ1) is 13.2. The summed E-state index contributed by atoms with van der Waals surface area (Å²) in [6.07, 6.45) is -4.54. The second-order valence-electron chi connectivity index (χ2n) is 6.77. The van der Waals surface area contributed by atoms with Gasteiger partial charge in [-0.3, -0.25) is 0 Å². The zero-order valence-electron chi connectivity index (χ0n) is 14.2. The summed E-state index contributed by atoms with van der Waals surface area (Å²) < 4.78 is 54.7. The van der Waals surface area contributed by atoms with Crippen molar-refractivity contribution in [1.29, 1.82) is 0 Å². The fourth-order valence-corrected chi connectivity index (χ4v) is 4.42. The first-order valence-corrected chi connectivity index (χ1v) is 8.27. The molecule has 3 aliphatic heterocycles. The summed E-state index contributed by atoms with van der Waals surface area (Å²) in [7, 11) is 0.941. The zero-order chi connectivity index (χ0) is 20.1. The predicted octanol–water partition coefficient (Wildman–Crippen LogP) is 0.493. The van der Waals surface area contributed by atoms with Crippen molar-refractivity contribution in [2.75, 3.05) is 7.11 Å². The van der Waals surface area contributed by atoms with E-state index in [0.29, 0.717) is 15.3 Å². The van der Waals surface area contributed by atoms with Gasteiger partial charge in [0.2, 0.25) is 11.1 Å². The number of benzene rings is 1. The monoisotopic (exact) mass is 395 g/mol. The van der Waals surface area contributed by atoms with Gasteiger partial charge in [0.05, 0.1) is 12.8 Å². The van der Waals surface area contributed by atoms with Gasteiger partial charge in [-0.1, -0.05) is 24.3 Å².